The summed E-state index contributed by atoms with van der Waals surface area (Å²) in [6.07, 6.45) is 0. The SMILES string of the molecule is Cc1ccc(-c2nc3cc(NC(=O)c4ccc(OCC(C)C)cc4)ccc3o2)c(C)c1. The number of oxazole rings is 1. The van der Waals surface area contributed by atoms with Gasteiger partial charge in [-0.3, -0.25) is 4.79 Å². The first-order valence-electron chi connectivity index (χ1n) is 10.4. The van der Waals surface area contributed by atoms with Crippen LogP contribution in [0.3, 0.4) is 0 Å². The van der Waals surface area contributed by atoms with Gasteiger partial charge >= 0.3 is 0 Å². The summed E-state index contributed by atoms with van der Waals surface area (Å²) in [5.74, 6) is 1.60. The Morgan fingerprint density at radius 1 is 1.03 bits per heavy atom. The van der Waals surface area contributed by atoms with E-state index in [0.29, 0.717) is 40.8 Å². The first kappa shape index (κ1) is 20.7. The average molecular weight is 415 g/mol. The predicted octanol–water partition coefficient (Wildman–Crippen LogP) is 6.40. The van der Waals surface area contributed by atoms with Crippen molar-refractivity contribution in [3.05, 3.63) is 77.4 Å². The van der Waals surface area contributed by atoms with E-state index in [1.807, 2.05) is 49.4 Å². The van der Waals surface area contributed by atoms with Gasteiger partial charge in [-0.1, -0.05) is 31.5 Å². The van der Waals surface area contributed by atoms with Gasteiger partial charge in [0, 0.05) is 16.8 Å². The second kappa shape index (κ2) is 8.64. The lowest BCUT2D eigenvalue weighted by Gasteiger charge is -2.09. The largest absolute Gasteiger partial charge is 0.493 e. The highest BCUT2D eigenvalue weighted by atomic mass is 16.5. The Labute approximate surface area is 182 Å². The molecule has 1 heterocycles. The van der Waals surface area contributed by atoms with E-state index < -0.39 is 0 Å². The number of aryl methyl sites for hydroxylation is 2. The highest BCUT2D eigenvalue weighted by Gasteiger charge is 2.13. The van der Waals surface area contributed by atoms with Crippen molar-refractivity contribution in [3.8, 4) is 17.2 Å². The van der Waals surface area contributed by atoms with E-state index in [9.17, 15) is 4.79 Å². The van der Waals surface area contributed by atoms with Gasteiger partial charge in [0.1, 0.15) is 11.3 Å². The Hall–Kier alpha value is -3.60. The zero-order valence-corrected chi connectivity index (χ0v) is 18.2. The molecule has 0 aliphatic heterocycles. The molecule has 0 bridgehead atoms. The molecular weight excluding hydrogens is 388 g/mol. The topological polar surface area (TPSA) is 64.4 Å². The highest BCUT2D eigenvalue weighted by molar-refractivity contribution is 6.05. The molecule has 0 saturated heterocycles. The van der Waals surface area contributed by atoms with E-state index in [-0.39, 0.29) is 5.91 Å². The second-order valence-electron chi connectivity index (χ2n) is 8.20. The Morgan fingerprint density at radius 2 is 1.81 bits per heavy atom. The van der Waals surface area contributed by atoms with Gasteiger partial charge in [0.25, 0.3) is 5.91 Å². The molecule has 0 atom stereocenters. The van der Waals surface area contributed by atoms with Crippen molar-refractivity contribution in [1.29, 1.82) is 0 Å². The van der Waals surface area contributed by atoms with E-state index >= 15 is 0 Å². The molecule has 0 fully saturated rings. The number of anilines is 1. The average Bonchev–Trinajstić information content (AvgIpc) is 3.15. The van der Waals surface area contributed by atoms with Crippen molar-refractivity contribution in [2.45, 2.75) is 27.7 Å². The standard InChI is InChI=1S/C26H26N2O3/c1-16(2)15-30-21-9-6-19(7-10-21)25(29)27-20-8-12-24-23(14-20)28-26(31-24)22-11-5-17(3)13-18(22)4/h5-14,16H,15H2,1-4H3,(H,27,29). The molecule has 0 aliphatic carbocycles. The molecule has 0 radical (unpaired) electrons. The van der Waals surface area contributed by atoms with Crippen LogP contribution in [0.1, 0.15) is 35.3 Å². The van der Waals surface area contributed by atoms with Crippen LogP contribution in [-0.4, -0.2) is 17.5 Å². The first-order chi connectivity index (χ1) is 14.9. The van der Waals surface area contributed by atoms with Crippen LogP contribution in [-0.2, 0) is 0 Å². The third-order valence-corrected chi connectivity index (χ3v) is 4.96. The Bertz CT molecular complexity index is 1220. The summed E-state index contributed by atoms with van der Waals surface area (Å²) in [7, 11) is 0. The lowest BCUT2D eigenvalue weighted by molar-refractivity contribution is 0.102. The zero-order valence-electron chi connectivity index (χ0n) is 18.2. The van der Waals surface area contributed by atoms with Crippen molar-refractivity contribution < 1.29 is 13.9 Å². The van der Waals surface area contributed by atoms with E-state index in [4.69, 9.17) is 9.15 Å². The number of benzene rings is 3. The third kappa shape index (κ3) is 4.77. The number of amides is 1. The molecule has 4 rings (SSSR count). The van der Waals surface area contributed by atoms with Gasteiger partial charge in [0.05, 0.1) is 6.61 Å². The van der Waals surface area contributed by atoms with Gasteiger partial charge in [-0.15, -0.1) is 0 Å². The Balaban J connectivity index is 1.50. The summed E-state index contributed by atoms with van der Waals surface area (Å²) < 4.78 is 11.6. The summed E-state index contributed by atoms with van der Waals surface area (Å²) in [5, 5.41) is 2.93. The molecule has 5 heteroatoms. The molecule has 3 aromatic carbocycles. The van der Waals surface area contributed by atoms with E-state index in [2.05, 4.69) is 37.1 Å². The molecule has 31 heavy (non-hydrogen) atoms. The molecular formula is C26H26N2O3. The normalized spacial score (nSPS) is 11.1. The van der Waals surface area contributed by atoms with Crippen molar-refractivity contribution in [2.75, 3.05) is 11.9 Å². The van der Waals surface area contributed by atoms with Gasteiger partial charge in [-0.25, -0.2) is 4.98 Å². The molecule has 0 saturated carbocycles. The van der Waals surface area contributed by atoms with Crippen molar-refractivity contribution in [1.82, 2.24) is 4.98 Å². The van der Waals surface area contributed by atoms with Crippen LogP contribution in [0.15, 0.2) is 65.1 Å². The monoisotopic (exact) mass is 414 g/mol. The lowest BCUT2D eigenvalue weighted by atomic mass is 10.1. The van der Waals surface area contributed by atoms with Gasteiger partial charge in [-0.05, 0) is 73.9 Å². The van der Waals surface area contributed by atoms with Crippen LogP contribution in [0.2, 0.25) is 0 Å². The lowest BCUT2D eigenvalue weighted by Crippen LogP contribution is -2.12. The number of nitrogens with zero attached hydrogens (tertiary/aromatic N) is 1. The van der Waals surface area contributed by atoms with Crippen molar-refractivity contribution in [3.63, 3.8) is 0 Å². The minimum absolute atomic E-state index is 0.187. The second-order valence-corrected chi connectivity index (χ2v) is 8.20. The summed E-state index contributed by atoms with van der Waals surface area (Å²) in [5.41, 5.74) is 5.88. The Morgan fingerprint density at radius 3 is 2.52 bits per heavy atom. The summed E-state index contributed by atoms with van der Waals surface area (Å²) in [6.45, 7) is 8.94. The predicted molar refractivity (Wildman–Crippen MR) is 124 cm³/mol. The molecule has 4 aromatic rings. The molecule has 0 aliphatic rings. The maximum atomic E-state index is 12.6. The molecule has 0 spiro atoms. The maximum absolute atomic E-state index is 12.6. The van der Waals surface area contributed by atoms with E-state index in [0.717, 1.165) is 16.9 Å². The number of rotatable bonds is 6. The van der Waals surface area contributed by atoms with Gasteiger partial charge in [-0.2, -0.15) is 0 Å². The van der Waals surface area contributed by atoms with Crippen LogP contribution in [0.4, 0.5) is 5.69 Å². The van der Waals surface area contributed by atoms with Gasteiger partial charge in [0.2, 0.25) is 5.89 Å². The number of hydrogen-bond donors (Lipinski definition) is 1. The van der Waals surface area contributed by atoms with Crippen LogP contribution in [0, 0.1) is 19.8 Å². The summed E-state index contributed by atoms with van der Waals surface area (Å²) >= 11 is 0. The van der Waals surface area contributed by atoms with Crippen LogP contribution in [0.25, 0.3) is 22.6 Å². The molecule has 158 valence electrons. The number of fused-ring (bicyclic) bond motifs is 1. The number of nitrogens with one attached hydrogen (secondary N) is 1. The minimum Gasteiger partial charge on any atom is -0.493 e. The Kier molecular flexibility index (Phi) is 5.76. The fourth-order valence-electron chi connectivity index (χ4n) is 3.34. The first-order valence-corrected chi connectivity index (χ1v) is 10.4. The number of carbonyl (C=O) groups excluding carboxylic acids is 1. The fourth-order valence-corrected chi connectivity index (χ4v) is 3.34. The van der Waals surface area contributed by atoms with Gasteiger partial charge < -0.3 is 14.5 Å². The van der Waals surface area contributed by atoms with Crippen LogP contribution < -0.4 is 10.1 Å². The quantitative estimate of drug-likeness (QED) is 0.396. The summed E-state index contributed by atoms with van der Waals surface area (Å²) in [4.78, 5) is 17.3. The smallest absolute Gasteiger partial charge is 0.255 e. The van der Waals surface area contributed by atoms with Gasteiger partial charge in [0.15, 0.2) is 5.58 Å². The number of hydrogen-bond acceptors (Lipinski definition) is 4. The van der Waals surface area contributed by atoms with Crippen LogP contribution >= 0.6 is 0 Å². The van der Waals surface area contributed by atoms with E-state index in [1.165, 1.54) is 5.56 Å². The summed E-state index contributed by atoms with van der Waals surface area (Å²) in [6, 6.07) is 18.8. The van der Waals surface area contributed by atoms with Crippen LogP contribution in [0.5, 0.6) is 5.75 Å². The molecule has 1 N–H and O–H groups in total. The number of aromatic nitrogens is 1. The van der Waals surface area contributed by atoms with Crippen molar-refractivity contribution in [2.24, 2.45) is 5.92 Å². The molecule has 1 aromatic heterocycles. The highest BCUT2D eigenvalue weighted by Crippen LogP contribution is 2.29. The molecule has 1 amide bonds. The van der Waals surface area contributed by atoms with Crippen molar-refractivity contribution >= 4 is 22.7 Å². The minimum atomic E-state index is -0.187. The molecule has 5 nitrogen and oxygen atoms in total. The third-order valence-electron chi connectivity index (χ3n) is 4.96. The maximum Gasteiger partial charge on any atom is 0.255 e. The fraction of sp³-hybridized carbons (Fsp3) is 0.231. The molecule has 0 unspecified atom stereocenters. The number of ether oxygens (including phenoxy) is 1. The van der Waals surface area contributed by atoms with E-state index in [1.54, 1.807) is 12.1 Å². The zero-order chi connectivity index (χ0) is 22.0. The number of carbonyl (C=O) groups is 1.